The first kappa shape index (κ1) is 23.1. The fourth-order valence-electron chi connectivity index (χ4n) is 3.15. The van der Waals surface area contributed by atoms with Crippen LogP contribution in [0.1, 0.15) is 59.4 Å². The van der Waals surface area contributed by atoms with Gasteiger partial charge in [-0.2, -0.15) is 0 Å². The molecule has 0 saturated heterocycles. The van der Waals surface area contributed by atoms with Gasteiger partial charge >= 0.3 is 0 Å². The summed E-state index contributed by atoms with van der Waals surface area (Å²) in [6, 6.07) is 6.00. The van der Waals surface area contributed by atoms with Gasteiger partial charge in [0.2, 0.25) is 0 Å². The van der Waals surface area contributed by atoms with Crippen LogP contribution in [0.3, 0.4) is 0 Å². The molecule has 160 valence electrons. The molecule has 1 heterocycles. The molecule has 1 aromatic heterocycles. The Morgan fingerprint density at radius 3 is 2.48 bits per heavy atom. The van der Waals surface area contributed by atoms with Gasteiger partial charge in [-0.3, -0.25) is 10.0 Å². The van der Waals surface area contributed by atoms with E-state index in [-0.39, 0.29) is 5.41 Å². The maximum atomic E-state index is 11.2. The third-order valence-corrected chi connectivity index (χ3v) is 4.64. The second-order valence-electron chi connectivity index (χ2n) is 10.0. The summed E-state index contributed by atoms with van der Waals surface area (Å²) in [4.78, 5) is 16.1. The largest absolute Gasteiger partial charge is 0.327 e. The number of rotatable bonds is 8. The minimum Gasteiger partial charge on any atom is -0.327 e. The normalized spacial score (nSPS) is 12.8. The van der Waals surface area contributed by atoms with Gasteiger partial charge in [0.05, 0.1) is 11.0 Å². The molecule has 0 aliphatic heterocycles. The highest BCUT2D eigenvalue weighted by Gasteiger charge is 2.18. The van der Waals surface area contributed by atoms with E-state index in [0.29, 0.717) is 5.41 Å². The number of benzene rings is 1. The van der Waals surface area contributed by atoms with Gasteiger partial charge in [-0.15, -0.1) is 0 Å². The van der Waals surface area contributed by atoms with Crippen molar-refractivity contribution < 1.29 is 10.0 Å². The van der Waals surface area contributed by atoms with E-state index in [1.807, 2.05) is 12.1 Å². The Morgan fingerprint density at radius 2 is 1.86 bits per heavy atom. The van der Waals surface area contributed by atoms with Crippen molar-refractivity contribution in [2.24, 2.45) is 10.8 Å². The van der Waals surface area contributed by atoms with Crippen LogP contribution < -0.4 is 10.8 Å². The first-order chi connectivity index (χ1) is 13.5. The van der Waals surface area contributed by atoms with Crippen LogP contribution in [0.2, 0.25) is 0 Å². The van der Waals surface area contributed by atoms with Gasteiger partial charge in [0.1, 0.15) is 5.82 Å². The fourth-order valence-corrected chi connectivity index (χ4v) is 3.15. The average Bonchev–Trinajstić information content (AvgIpc) is 2.93. The predicted molar refractivity (Wildman–Crippen MR) is 119 cm³/mol. The van der Waals surface area contributed by atoms with Crippen LogP contribution in [0.15, 0.2) is 24.3 Å². The zero-order chi connectivity index (χ0) is 21.7. The number of imidazole rings is 1. The number of aromatic nitrogens is 2. The van der Waals surface area contributed by atoms with Gasteiger partial charge in [0, 0.05) is 25.6 Å². The SMILES string of the molecule is CC(C)(C)CCNCCn1c(CC(C)(C)C)nc2cc(C=CC(=O)NO)ccc21. The number of fused-ring (bicyclic) bond motifs is 1. The van der Waals surface area contributed by atoms with Gasteiger partial charge in [-0.25, -0.2) is 10.5 Å². The molecule has 0 fully saturated rings. The van der Waals surface area contributed by atoms with Crippen molar-refractivity contribution in [1.82, 2.24) is 20.3 Å². The van der Waals surface area contributed by atoms with Crippen LogP contribution in [0.5, 0.6) is 0 Å². The zero-order valence-electron chi connectivity index (χ0n) is 18.7. The maximum Gasteiger partial charge on any atom is 0.267 e. The molecular formula is C23H36N4O2. The first-order valence-corrected chi connectivity index (χ1v) is 10.3. The van der Waals surface area contributed by atoms with Crippen molar-refractivity contribution in [2.75, 3.05) is 13.1 Å². The summed E-state index contributed by atoms with van der Waals surface area (Å²) in [5, 5.41) is 12.2. The van der Waals surface area contributed by atoms with E-state index in [4.69, 9.17) is 10.2 Å². The number of carbonyl (C=O) groups is 1. The highest BCUT2D eigenvalue weighted by Crippen LogP contribution is 2.25. The molecule has 0 saturated carbocycles. The lowest BCUT2D eigenvalue weighted by Gasteiger charge is -2.20. The number of nitrogens with zero attached hydrogens (tertiary/aromatic N) is 2. The Kier molecular flexibility index (Phi) is 7.60. The van der Waals surface area contributed by atoms with E-state index >= 15 is 0 Å². The molecule has 0 unspecified atom stereocenters. The minimum absolute atomic E-state index is 0.140. The van der Waals surface area contributed by atoms with Gasteiger partial charge in [-0.1, -0.05) is 47.6 Å². The number of hydroxylamine groups is 1. The highest BCUT2D eigenvalue weighted by atomic mass is 16.5. The molecule has 0 aliphatic rings. The molecule has 0 radical (unpaired) electrons. The molecule has 0 bridgehead atoms. The zero-order valence-corrected chi connectivity index (χ0v) is 18.7. The highest BCUT2D eigenvalue weighted by molar-refractivity contribution is 5.91. The molecule has 2 rings (SSSR count). The van der Waals surface area contributed by atoms with Crippen molar-refractivity contribution in [3.8, 4) is 0 Å². The predicted octanol–water partition coefficient (Wildman–Crippen LogP) is 4.17. The van der Waals surface area contributed by atoms with E-state index in [9.17, 15) is 4.79 Å². The molecule has 1 aromatic carbocycles. The van der Waals surface area contributed by atoms with Crippen LogP contribution in [-0.2, 0) is 17.8 Å². The molecule has 6 heteroatoms. The van der Waals surface area contributed by atoms with Crippen LogP contribution in [0, 0.1) is 10.8 Å². The summed E-state index contributed by atoms with van der Waals surface area (Å²) in [6.45, 7) is 16.2. The van der Waals surface area contributed by atoms with Crippen molar-refractivity contribution in [2.45, 2.75) is 60.9 Å². The molecule has 3 N–H and O–H groups in total. The smallest absolute Gasteiger partial charge is 0.267 e. The first-order valence-electron chi connectivity index (χ1n) is 10.3. The minimum atomic E-state index is -0.551. The Labute approximate surface area is 174 Å². The van der Waals surface area contributed by atoms with Crippen molar-refractivity contribution >= 4 is 23.0 Å². The van der Waals surface area contributed by atoms with Gasteiger partial charge < -0.3 is 9.88 Å². The van der Waals surface area contributed by atoms with Crippen molar-refractivity contribution in [3.63, 3.8) is 0 Å². The second-order valence-corrected chi connectivity index (χ2v) is 10.0. The number of hydrogen-bond acceptors (Lipinski definition) is 4. The quantitative estimate of drug-likeness (QED) is 0.269. The van der Waals surface area contributed by atoms with E-state index in [0.717, 1.165) is 54.9 Å². The molecule has 0 atom stereocenters. The molecule has 0 spiro atoms. The third-order valence-electron chi connectivity index (χ3n) is 4.64. The summed E-state index contributed by atoms with van der Waals surface area (Å²) < 4.78 is 2.30. The van der Waals surface area contributed by atoms with E-state index in [2.05, 4.69) is 57.5 Å². The van der Waals surface area contributed by atoms with Gasteiger partial charge in [-0.05, 0) is 47.6 Å². The van der Waals surface area contributed by atoms with Crippen LogP contribution in [0.4, 0.5) is 0 Å². The number of nitrogens with one attached hydrogen (secondary N) is 2. The standard InChI is InChI=1S/C23H36N4O2/c1-22(2,3)11-12-24-13-14-27-19-9-7-17(8-10-21(28)26-29)15-18(19)25-20(27)16-23(4,5)6/h7-10,15,24,29H,11-14,16H2,1-6H3,(H,26,28). The molecule has 6 nitrogen and oxygen atoms in total. The summed E-state index contributed by atoms with van der Waals surface area (Å²) in [5.41, 5.74) is 4.97. The Balaban J connectivity index is 2.22. The molecular weight excluding hydrogens is 364 g/mol. The van der Waals surface area contributed by atoms with Gasteiger partial charge in [0.15, 0.2) is 0 Å². The molecule has 1 amide bonds. The topological polar surface area (TPSA) is 79.2 Å². The van der Waals surface area contributed by atoms with E-state index in [1.54, 1.807) is 11.6 Å². The fraction of sp³-hybridized carbons (Fsp3) is 0.565. The van der Waals surface area contributed by atoms with Crippen LogP contribution >= 0.6 is 0 Å². The lowest BCUT2D eigenvalue weighted by atomic mass is 9.92. The number of amides is 1. The van der Waals surface area contributed by atoms with Gasteiger partial charge in [0.25, 0.3) is 5.91 Å². The lowest BCUT2D eigenvalue weighted by Crippen LogP contribution is -2.25. The summed E-state index contributed by atoms with van der Waals surface area (Å²) in [6.07, 6.45) is 5.00. The third kappa shape index (κ3) is 7.63. The van der Waals surface area contributed by atoms with Crippen molar-refractivity contribution in [3.05, 3.63) is 35.7 Å². The Bertz CT molecular complexity index is 854. The van der Waals surface area contributed by atoms with Crippen molar-refractivity contribution in [1.29, 1.82) is 0 Å². The molecule has 0 aliphatic carbocycles. The van der Waals surface area contributed by atoms with Crippen LogP contribution in [-0.4, -0.2) is 33.8 Å². The molecule has 2 aromatic rings. The monoisotopic (exact) mass is 400 g/mol. The number of hydrogen-bond donors (Lipinski definition) is 3. The Hall–Kier alpha value is -2.18. The summed E-state index contributed by atoms with van der Waals surface area (Å²) >= 11 is 0. The average molecular weight is 401 g/mol. The summed E-state index contributed by atoms with van der Waals surface area (Å²) in [7, 11) is 0. The number of carbonyl (C=O) groups excluding carboxylic acids is 1. The lowest BCUT2D eigenvalue weighted by molar-refractivity contribution is -0.124. The second kappa shape index (κ2) is 9.55. The van der Waals surface area contributed by atoms with E-state index < -0.39 is 5.91 Å². The van der Waals surface area contributed by atoms with E-state index in [1.165, 1.54) is 6.08 Å². The van der Waals surface area contributed by atoms with Crippen LogP contribution in [0.25, 0.3) is 17.1 Å². The Morgan fingerprint density at radius 1 is 1.14 bits per heavy atom. The summed E-state index contributed by atoms with van der Waals surface area (Å²) in [5.74, 6) is 0.532. The molecule has 29 heavy (non-hydrogen) atoms. The maximum absolute atomic E-state index is 11.2.